The van der Waals surface area contributed by atoms with Crippen LogP contribution in [0.2, 0.25) is 0 Å². The standard InChI is InChI=1S/C16H19NO4S/c1-3-4-9-17-11-7-5-6-8-13(11)22-15(16(17)20)12(18)10-14(19)21-2/h5-8,15H,3-4,9-10H2,1-2H3. The summed E-state index contributed by atoms with van der Waals surface area (Å²) in [6.07, 6.45) is 1.45. The Morgan fingerprint density at radius 1 is 1.32 bits per heavy atom. The number of nitrogens with zero attached hydrogens (tertiary/aromatic N) is 1. The van der Waals surface area contributed by atoms with Gasteiger partial charge in [-0.25, -0.2) is 0 Å². The van der Waals surface area contributed by atoms with E-state index < -0.39 is 17.0 Å². The molecule has 2 rings (SSSR count). The summed E-state index contributed by atoms with van der Waals surface area (Å²) in [4.78, 5) is 38.7. The lowest BCUT2D eigenvalue weighted by Gasteiger charge is -2.33. The molecule has 1 amide bonds. The fourth-order valence-electron chi connectivity index (χ4n) is 2.27. The third-order valence-electron chi connectivity index (χ3n) is 3.47. The summed E-state index contributed by atoms with van der Waals surface area (Å²) in [6.45, 7) is 2.63. The van der Waals surface area contributed by atoms with Gasteiger partial charge in [-0.3, -0.25) is 14.4 Å². The van der Waals surface area contributed by atoms with Gasteiger partial charge in [0, 0.05) is 11.4 Å². The molecule has 0 fully saturated rings. The number of fused-ring (bicyclic) bond motifs is 1. The van der Waals surface area contributed by atoms with Gasteiger partial charge in [-0.1, -0.05) is 25.5 Å². The maximum Gasteiger partial charge on any atom is 0.313 e. The number of hydrogen-bond donors (Lipinski definition) is 0. The van der Waals surface area contributed by atoms with E-state index in [1.165, 1.54) is 18.9 Å². The minimum Gasteiger partial charge on any atom is -0.469 e. The van der Waals surface area contributed by atoms with Gasteiger partial charge in [0.25, 0.3) is 0 Å². The van der Waals surface area contributed by atoms with Gasteiger partial charge in [0.1, 0.15) is 11.7 Å². The van der Waals surface area contributed by atoms with E-state index >= 15 is 0 Å². The quantitative estimate of drug-likeness (QED) is 0.595. The lowest BCUT2D eigenvalue weighted by Crippen LogP contribution is -2.45. The van der Waals surface area contributed by atoms with Crippen molar-refractivity contribution < 1.29 is 19.1 Å². The van der Waals surface area contributed by atoms with Gasteiger partial charge in [0.05, 0.1) is 12.8 Å². The molecule has 1 atom stereocenters. The van der Waals surface area contributed by atoms with E-state index in [1.807, 2.05) is 24.3 Å². The Balaban J connectivity index is 2.26. The molecule has 22 heavy (non-hydrogen) atoms. The van der Waals surface area contributed by atoms with Crippen molar-refractivity contribution in [1.82, 2.24) is 0 Å². The number of ether oxygens (including phenoxy) is 1. The molecule has 0 N–H and O–H groups in total. The van der Waals surface area contributed by atoms with Crippen molar-refractivity contribution in [2.75, 3.05) is 18.6 Å². The third kappa shape index (κ3) is 3.50. The van der Waals surface area contributed by atoms with Crippen LogP contribution in [0.4, 0.5) is 5.69 Å². The number of benzene rings is 1. The molecule has 118 valence electrons. The molecule has 5 nitrogen and oxygen atoms in total. The fraction of sp³-hybridized carbons (Fsp3) is 0.438. The highest BCUT2D eigenvalue weighted by Crippen LogP contribution is 2.39. The van der Waals surface area contributed by atoms with Crippen molar-refractivity contribution in [3.8, 4) is 0 Å². The number of ketones is 1. The first kappa shape index (κ1) is 16.5. The van der Waals surface area contributed by atoms with Crippen LogP contribution in [0.25, 0.3) is 0 Å². The molecule has 1 aromatic carbocycles. The van der Waals surface area contributed by atoms with Gasteiger partial charge in [0.2, 0.25) is 5.91 Å². The number of hydrogen-bond acceptors (Lipinski definition) is 5. The van der Waals surface area contributed by atoms with E-state index in [2.05, 4.69) is 11.7 Å². The first-order valence-corrected chi connectivity index (χ1v) is 8.13. The molecule has 0 saturated carbocycles. The second-order valence-electron chi connectivity index (χ2n) is 5.03. The maximum absolute atomic E-state index is 12.6. The van der Waals surface area contributed by atoms with Crippen LogP contribution < -0.4 is 4.90 Å². The van der Waals surface area contributed by atoms with Crippen molar-refractivity contribution in [3.63, 3.8) is 0 Å². The molecule has 1 aliphatic heterocycles. The monoisotopic (exact) mass is 321 g/mol. The molecule has 1 aliphatic rings. The van der Waals surface area contributed by atoms with E-state index in [0.717, 1.165) is 23.4 Å². The summed E-state index contributed by atoms with van der Waals surface area (Å²) < 4.78 is 4.51. The fourth-order valence-corrected chi connectivity index (χ4v) is 3.43. The summed E-state index contributed by atoms with van der Waals surface area (Å²) in [6, 6.07) is 7.53. The van der Waals surface area contributed by atoms with Gasteiger partial charge >= 0.3 is 5.97 Å². The Hall–Kier alpha value is -1.82. The summed E-state index contributed by atoms with van der Waals surface area (Å²) >= 11 is 1.21. The highest BCUT2D eigenvalue weighted by molar-refractivity contribution is 8.01. The van der Waals surface area contributed by atoms with Gasteiger partial charge in [-0.15, -0.1) is 11.8 Å². The number of para-hydroxylation sites is 1. The van der Waals surface area contributed by atoms with Gasteiger partial charge < -0.3 is 9.64 Å². The van der Waals surface area contributed by atoms with E-state index in [9.17, 15) is 14.4 Å². The minimum absolute atomic E-state index is 0.244. The predicted octanol–water partition coefficient (Wildman–Crippen LogP) is 2.43. The van der Waals surface area contributed by atoms with Crippen LogP contribution in [-0.4, -0.2) is 36.6 Å². The zero-order valence-electron chi connectivity index (χ0n) is 12.7. The molecule has 1 aromatic rings. The number of Topliss-reactive ketones (excluding diaryl/α,β-unsaturated/α-hetero) is 1. The van der Waals surface area contributed by atoms with Crippen molar-refractivity contribution in [3.05, 3.63) is 24.3 Å². The number of carbonyl (C=O) groups is 3. The Bertz CT molecular complexity index is 587. The number of anilines is 1. The van der Waals surface area contributed by atoms with Gasteiger partial charge in [-0.05, 0) is 18.6 Å². The number of carbonyl (C=O) groups excluding carboxylic acids is 3. The molecule has 1 heterocycles. The molecule has 0 radical (unpaired) electrons. The highest BCUT2D eigenvalue weighted by atomic mass is 32.2. The van der Waals surface area contributed by atoms with Crippen molar-refractivity contribution in [1.29, 1.82) is 0 Å². The average molecular weight is 321 g/mol. The number of rotatable bonds is 6. The lowest BCUT2D eigenvalue weighted by molar-refractivity contribution is -0.143. The maximum atomic E-state index is 12.6. The van der Waals surface area contributed by atoms with Crippen LogP contribution in [-0.2, 0) is 19.1 Å². The molecule has 1 unspecified atom stereocenters. The van der Waals surface area contributed by atoms with Crippen LogP contribution >= 0.6 is 11.8 Å². The second-order valence-corrected chi connectivity index (χ2v) is 6.18. The number of esters is 1. The van der Waals surface area contributed by atoms with E-state index in [0.29, 0.717) is 6.54 Å². The summed E-state index contributed by atoms with van der Waals surface area (Å²) in [5.41, 5.74) is 0.841. The first-order valence-electron chi connectivity index (χ1n) is 7.25. The highest BCUT2D eigenvalue weighted by Gasteiger charge is 2.38. The minimum atomic E-state index is -0.870. The first-order chi connectivity index (χ1) is 10.6. The van der Waals surface area contributed by atoms with Crippen molar-refractivity contribution in [2.24, 2.45) is 0 Å². The number of unbranched alkanes of at least 4 members (excludes halogenated alkanes) is 1. The average Bonchev–Trinajstić information content (AvgIpc) is 2.53. The lowest BCUT2D eigenvalue weighted by atomic mass is 10.1. The van der Waals surface area contributed by atoms with Crippen LogP contribution in [0.15, 0.2) is 29.2 Å². The number of amides is 1. The van der Waals surface area contributed by atoms with E-state index in [4.69, 9.17) is 0 Å². The number of thioether (sulfide) groups is 1. The Morgan fingerprint density at radius 3 is 2.73 bits per heavy atom. The van der Waals surface area contributed by atoms with Crippen molar-refractivity contribution in [2.45, 2.75) is 36.3 Å². The van der Waals surface area contributed by atoms with Crippen LogP contribution in [0, 0.1) is 0 Å². The summed E-state index contributed by atoms with van der Waals surface area (Å²) in [5, 5.41) is -0.870. The molecule has 0 bridgehead atoms. The largest absolute Gasteiger partial charge is 0.469 e. The predicted molar refractivity (Wildman–Crippen MR) is 85.0 cm³/mol. The molecule has 0 spiro atoms. The molecule has 0 aliphatic carbocycles. The topological polar surface area (TPSA) is 63.7 Å². The molecular formula is C16H19NO4S. The van der Waals surface area contributed by atoms with Crippen LogP contribution in [0.5, 0.6) is 0 Å². The molecule has 0 aromatic heterocycles. The normalized spacial score (nSPS) is 17.1. The summed E-state index contributed by atoms with van der Waals surface area (Å²) in [5.74, 6) is -1.26. The Labute approximate surface area is 134 Å². The zero-order valence-corrected chi connectivity index (χ0v) is 13.5. The van der Waals surface area contributed by atoms with Crippen molar-refractivity contribution >= 4 is 35.1 Å². The number of methoxy groups -OCH3 is 1. The summed E-state index contributed by atoms with van der Waals surface area (Å²) in [7, 11) is 1.23. The smallest absolute Gasteiger partial charge is 0.313 e. The van der Waals surface area contributed by atoms with Crippen LogP contribution in [0.3, 0.4) is 0 Å². The molecular weight excluding hydrogens is 302 g/mol. The third-order valence-corrected chi connectivity index (χ3v) is 4.76. The molecule has 6 heteroatoms. The van der Waals surface area contributed by atoms with E-state index in [1.54, 1.807) is 4.90 Å². The molecule has 0 saturated heterocycles. The SMILES string of the molecule is CCCCN1C(=O)C(C(=O)CC(=O)OC)Sc2ccccc21. The van der Waals surface area contributed by atoms with Gasteiger partial charge in [-0.2, -0.15) is 0 Å². The van der Waals surface area contributed by atoms with Gasteiger partial charge in [0.15, 0.2) is 5.78 Å². The Morgan fingerprint density at radius 2 is 2.05 bits per heavy atom. The Kier molecular flexibility index (Phi) is 5.60. The van der Waals surface area contributed by atoms with E-state index in [-0.39, 0.29) is 12.3 Å². The van der Waals surface area contributed by atoms with Crippen LogP contribution in [0.1, 0.15) is 26.2 Å². The second kappa shape index (κ2) is 7.45. The zero-order chi connectivity index (χ0) is 16.1.